The number of halogens is 1. The first-order valence-corrected chi connectivity index (χ1v) is 9.25. The van der Waals surface area contributed by atoms with Gasteiger partial charge in [0, 0.05) is 52.0 Å². The number of likely N-dealkylation sites (tertiary alicyclic amines) is 1. The summed E-state index contributed by atoms with van der Waals surface area (Å²) >= 11 is 0. The van der Waals surface area contributed by atoms with Crippen LogP contribution in [0.25, 0.3) is 0 Å². The molecule has 146 valence electrons. The fraction of sp³-hybridized carbons (Fsp3) is 0.667. The van der Waals surface area contributed by atoms with E-state index >= 15 is 0 Å². The van der Waals surface area contributed by atoms with Crippen LogP contribution in [0.2, 0.25) is 0 Å². The highest BCUT2D eigenvalue weighted by Gasteiger charge is 2.22. The van der Waals surface area contributed by atoms with Crippen molar-refractivity contribution in [1.29, 1.82) is 0 Å². The molecule has 0 bridgehead atoms. The van der Waals surface area contributed by atoms with Crippen LogP contribution in [0.4, 0.5) is 5.82 Å². The van der Waals surface area contributed by atoms with Crippen molar-refractivity contribution in [3.63, 3.8) is 0 Å². The smallest absolute Gasteiger partial charge is 0.194 e. The van der Waals surface area contributed by atoms with Gasteiger partial charge in [0.15, 0.2) is 5.96 Å². The van der Waals surface area contributed by atoms with Crippen molar-refractivity contribution in [2.75, 3.05) is 57.8 Å². The molecule has 0 spiro atoms. The third-order valence-corrected chi connectivity index (χ3v) is 4.85. The van der Waals surface area contributed by atoms with Crippen LogP contribution in [0.3, 0.4) is 0 Å². The molecule has 3 rings (SSSR count). The molecule has 2 aliphatic rings. The Kier molecular flexibility index (Phi) is 8.36. The van der Waals surface area contributed by atoms with Gasteiger partial charge in [-0.15, -0.1) is 24.0 Å². The number of pyridine rings is 1. The molecule has 1 atom stereocenters. The Morgan fingerprint density at radius 1 is 1.27 bits per heavy atom. The zero-order valence-corrected chi connectivity index (χ0v) is 18.1. The Morgan fingerprint density at radius 3 is 2.62 bits per heavy atom. The molecule has 0 saturated carbocycles. The van der Waals surface area contributed by atoms with Crippen molar-refractivity contribution in [3.05, 3.63) is 23.9 Å². The summed E-state index contributed by atoms with van der Waals surface area (Å²) in [5.74, 6) is 1.93. The first-order valence-electron chi connectivity index (χ1n) is 9.25. The highest BCUT2D eigenvalue weighted by atomic mass is 127. The number of aliphatic hydroxyl groups is 1. The van der Waals surface area contributed by atoms with E-state index in [1.807, 2.05) is 6.20 Å². The zero-order chi connectivity index (χ0) is 17.6. The first-order chi connectivity index (χ1) is 12.2. The summed E-state index contributed by atoms with van der Waals surface area (Å²) in [7, 11) is 2.16. The maximum atomic E-state index is 9.73. The van der Waals surface area contributed by atoms with Gasteiger partial charge < -0.3 is 25.1 Å². The Balaban J connectivity index is 0.00000243. The molecule has 0 amide bonds. The predicted octanol–water partition coefficient (Wildman–Crippen LogP) is 0.983. The van der Waals surface area contributed by atoms with Gasteiger partial charge >= 0.3 is 0 Å². The van der Waals surface area contributed by atoms with Gasteiger partial charge in [-0.05, 0) is 32.0 Å². The molecule has 0 aliphatic carbocycles. The van der Waals surface area contributed by atoms with Crippen LogP contribution in [0.15, 0.2) is 23.3 Å². The molecule has 1 aromatic rings. The number of rotatable bonds is 4. The van der Waals surface area contributed by atoms with Crippen LogP contribution in [-0.2, 0) is 6.54 Å². The summed E-state index contributed by atoms with van der Waals surface area (Å²) in [6, 6.07) is 4.22. The molecule has 0 aromatic carbocycles. The van der Waals surface area contributed by atoms with Crippen molar-refractivity contribution in [3.8, 4) is 0 Å². The number of anilines is 1. The molecule has 1 aromatic heterocycles. The summed E-state index contributed by atoms with van der Waals surface area (Å²) in [6.45, 7) is 9.24. The van der Waals surface area contributed by atoms with E-state index in [0.717, 1.165) is 63.0 Å². The molecular formula is C18H31IN6O. The quantitative estimate of drug-likeness (QED) is 0.386. The number of guanidine groups is 1. The van der Waals surface area contributed by atoms with E-state index in [-0.39, 0.29) is 30.1 Å². The molecule has 2 N–H and O–H groups in total. The van der Waals surface area contributed by atoms with Crippen molar-refractivity contribution in [2.45, 2.75) is 26.0 Å². The lowest BCUT2D eigenvalue weighted by molar-refractivity contribution is 0.188. The summed E-state index contributed by atoms with van der Waals surface area (Å²) < 4.78 is 0. The Labute approximate surface area is 173 Å². The van der Waals surface area contributed by atoms with Crippen LogP contribution in [0.5, 0.6) is 0 Å². The fourth-order valence-corrected chi connectivity index (χ4v) is 3.26. The van der Waals surface area contributed by atoms with Crippen molar-refractivity contribution >= 4 is 35.8 Å². The number of β-amino-alcohol motifs (C(OH)–C–C–N with tert-alkyl or cyclic N) is 1. The molecule has 3 heterocycles. The maximum Gasteiger partial charge on any atom is 0.194 e. The number of piperazine rings is 1. The van der Waals surface area contributed by atoms with E-state index in [1.165, 1.54) is 0 Å². The lowest BCUT2D eigenvalue weighted by atomic mass is 10.2. The van der Waals surface area contributed by atoms with Gasteiger partial charge in [0.2, 0.25) is 0 Å². The summed E-state index contributed by atoms with van der Waals surface area (Å²) in [5, 5.41) is 13.0. The van der Waals surface area contributed by atoms with Crippen molar-refractivity contribution in [1.82, 2.24) is 20.1 Å². The highest BCUT2D eigenvalue weighted by Crippen LogP contribution is 2.14. The summed E-state index contributed by atoms with van der Waals surface area (Å²) in [6.07, 6.45) is 2.50. The lowest BCUT2D eigenvalue weighted by Crippen LogP contribution is -2.44. The molecule has 2 aliphatic heterocycles. The minimum atomic E-state index is -0.242. The van der Waals surface area contributed by atoms with E-state index in [9.17, 15) is 5.11 Å². The van der Waals surface area contributed by atoms with Crippen LogP contribution < -0.4 is 10.2 Å². The first kappa shape index (κ1) is 21.2. The largest absolute Gasteiger partial charge is 0.391 e. The van der Waals surface area contributed by atoms with Crippen LogP contribution in [-0.4, -0.2) is 84.8 Å². The number of hydrogen-bond acceptors (Lipinski definition) is 5. The normalized spacial score (nSPS) is 21.7. The van der Waals surface area contributed by atoms with E-state index in [0.29, 0.717) is 13.1 Å². The van der Waals surface area contributed by atoms with E-state index in [1.54, 1.807) is 0 Å². The minimum Gasteiger partial charge on any atom is -0.391 e. The van der Waals surface area contributed by atoms with Gasteiger partial charge in [-0.3, -0.25) is 0 Å². The lowest BCUT2D eigenvalue weighted by Gasteiger charge is -2.33. The summed E-state index contributed by atoms with van der Waals surface area (Å²) in [5.41, 5.74) is 1.10. The average Bonchev–Trinajstić information content (AvgIpc) is 3.06. The number of hydrogen-bond donors (Lipinski definition) is 2. The zero-order valence-electron chi connectivity index (χ0n) is 15.8. The maximum absolute atomic E-state index is 9.73. The number of aliphatic hydroxyl groups excluding tert-OH is 1. The molecule has 8 heteroatoms. The molecule has 2 saturated heterocycles. The Morgan fingerprint density at radius 2 is 2.04 bits per heavy atom. The SMILES string of the molecule is CCNC(=NCc1ccc(N2CCN(C)CC2)nc1)N1CC[C@@H](O)C1.I. The third kappa shape index (κ3) is 5.68. The molecule has 0 unspecified atom stereocenters. The number of aromatic nitrogens is 1. The van der Waals surface area contributed by atoms with E-state index < -0.39 is 0 Å². The molecule has 26 heavy (non-hydrogen) atoms. The fourth-order valence-electron chi connectivity index (χ4n) is 3.26. The van der Waals surface area contributed by atoms with Crippen LogP contribution >= 0.6 is 24.0 Å². The van der Waals surface area contributed by atoms with Gasteiger partial charge in [-0.1, -0.05) is 6.07 Å². The second-order valence-electron chi connectivity index (χ2n) is 6.87. The van der Waals surface area contributed by atoms with Gasteiger partial charge in [0.1, 0.15) is 5.82 Å². The van der Waals surface area contributed by atoms with Gasteiger partial charge in [0.05, 0.1) is 12.6 Å². The summed E-state index contributed by atoms with van der Waals surface area (Å²) in [4.78, 5) is 16.1. The number of nitrogens with one attached hydrogen (secondary N) is 1. The monoisotopic (exact) mass is 474 g/mol. The second-order valence-corrected chi connectivity index (χ2v) is 6.87. The molecular weight excluding hydrogens is 443 g/mol. The molecule has 0 radical (unpaired) electrons. The molecule has 2 fully saturated rings. The Bertz CT molecular complexity index is 574. The molecule has 7 nitrogen and oxygen atoms in total. The van der Waals surface area contributed by atoms with Crippen molar-refractivity contribution < 1.29 is 5.11 Å². The van der Waals surface area contributed by atoms with E-state index in [4.69, 9.17) is 4.99 Å². The van der Waals surface area contributed by atoms with Gasteiger partial charge in [-0.2, -0.15) is 0 Å². The standard InChI is InChI=1S/C18H30N6O.HI/c1-3-19-18(24-7-6-16(25)14-24)21-13-15-4-5-17(20-12-15)23-10-8-22(2)9-11-23;/h4-5,12,16,25H,3,6-11,13-14H2,1-2H3,(H,19,21);1H/t16-;/m1./s1. The topological polar surface area (TPSA) is 67.2 Å². The minimum absolute atomic E-state index is 0. The number of aliphatic imine (C=N–C) groups is 1. The number of nitrogens with zero attached hydrogens (tertiary/aromatic N) is 5. The predicted molar refractivity (Wildman–Crippen MR) is 116 cm³/mol. The van der Waals surface area contributed by atoms with E-state index in [2.05, 4.69) is 51.1 Å². The Hall–Kier alpha value is -1.13. The average molecular weight is 474 g/mol. The van der Waals surface area contributed by atoms with Gasteiger partial charge in [-0.25, -0.2) is 9.98 Å². The van der Waals surface area contributed by atoms with Crippen LogP contribution in [0, 0.1) is 0 Å². The van der Waals surface area contributed by atoms with Crippen LogP contribution in [0.1, 0.15) is 18.9 Å². The third-order valence-electron chi connectivity index (χ3n) is 4.85. The second kappa shape index (κ2) is 10.3. The van der Waals surface area contributed by atoms with Gasteiger partial charge in [0.25, 0.3) is 0 Å². The number of likely N-dealkylation sites (N-methyl/N-ethyl adjacent to an activating group) is 1. The van der Waals surface area contributed by atoms with Crippen molar-refractivity contribution in [2.24, 2.45) is 4.99 Å². The highest BCUT2D eigenvalue weighted by molar-refractivity contribution is 14.0.